The van der Waals surface area contributed by atoms with Gasteiger partial charge in [-0.1, -0.05) is 48.9 Å². The molecule has 3 aromatic rings. The van der Waals surface area contributed by atoms with Crippen LogP contribution < -0.4 is 20.1 Å². The Morgan fingerprint density at radius 2 is 1.89 bits per heavy atom. The predicted octanol–water partition coefficient (Wildman–Crippen LogP) is 4.61. The largest absolute Gasteiger partial charge is 0.490 e. The summed E-state index contributed by atoms with van der Waals surface area (Å²) >= 11 is 0. The van der Waals surface area contributed by atoms with Crippen LogP contribution in [0.3, 0.4) is 0 Å². The summed E-state index contributed by atoms with van der Waals surface area (Å²) < 4.78 is 31.0. The van der Waals surface area contributed by atoms with Gasteiger partial charge < -0.3 is 15.4 Å². The topological polar surface area (TPSA) is 92.4 Å². The van der Waals surface area contributed by atoms with E-state index in [9.17, 15) is 8.42 Å². The summed E-state index contributed by atoms with van der Waals surface area (Å²) in [6, 6.07) is 19.0. The van der Waals surface area contributed by atoms with Gasteiger partial charge in [0.1, 0.15) is 17.9 Å². The first kappa shape index (κ1) is 29.1. The highest BCUT2D eigenvalue weighted by Gasteiger charge is 2.25. The van der Waals surface area contributed by atoms with Gasteiger partial charge in [-0.15, -0.1) is 24.8 Å². The number of anilines is 1. The molecule has 1 aliphatic rings. The van der Waals surface area contributed by atoms with Gasteiger partial charge in [-0.3, -0.25) is 0 Å². The quantitative estimate of drug-likeness (QED) is 0.343. The number of para-hydroxylation sites is 1. The van der Waals surface area contributed by atoms with Gasteiger partial charge >= 0.3 is 0 Å². The van der Waals surface area contributed by atoms with E-state index in [-0.39, 0.29) is 44.0 Å². The molecule has 1 saturated heterocycles. The van der Waals surface area contributed by atoms with Gasteiger partial charge in [0.2, 0.25) is 10.0 Å². The molecule has 2 atom stereocenters. The van der Waals surface area contributed by atoms with E-state index in [4.69, 9.17) is 9.72 Å². The van der Waals surface area contributed by atoms with Crippen molar-refractivity contribution >= 4 is 51.4 Å². The minimum Gasteiger partial charge on any atom is -0.490 e. The summed E-state index contributed by atoms with van der Waals surface area (Å²) in [7, 11) is -3.25. The maximum Gasteiger partial charge on any atom is 0.208 e. The molecule has 2 heterocycles. The Kier molecular flexibility index (Phi) is 11.0. The van der Waals surface area contributed by atoms with Gasteiger partial charge in [-0.05, 0) is 44.0 Å². The van der Waals surface area contributed by atoms with Crippen LogP contribution in [0.15, 0.2) is 54.6 Å². The number of ether oxygens (including phenoxy) is 1. The summed E-state index contributed by atoms with van der Waals surface area (Å²) in [4.78, 5) is 4.74. The van der Waals surface area contributed by atoms with E-state index in [1.165, 1.54) is 18.4 Å². The third kappa shape index (κ3) is 7.95. The van der Waals surface area contributed by atoms with Gasteiger partial charge in [0.25, 0.3) is 0 Å². The Bertz CT molecular complexity index is 1190. The van der Waals surface area contributed by atoms with E-state index in [2.05, 4.69) is 45.7 Å². The first-order valence-corrected chi connectivity index (χ1v) is 13.3. The third-order valence-corrected chi connectivity index (χ3v) is 6.60. The van der Waals surface area contributed by atoms with Gasteiger partial charge in [0, 0.05) is 29.4 Å². The molecule has 0 radical (unpaired) electrons. The fourth-order valence-corrected chi connectivity index (χ4v) is 4.84. The van der Waals surface area contributed by atoms with Gasteiger partial charge in [-0.2, -0.15) is 0 Å². The predicted molar refractivity (Wildman–Crippen MR) is 148 cm³/mol. The molecule has 35 heavy (non-hydrogen) atoms. The lowest BCUT2D eigenvalue weighted by Crippen LogP contribution is -2.41. The maximum atomic E-state index is 11.3. The molecule has 10 heteroatoms. The van der Waals surface area contributed by atoms with Crippen LogP contribution in [0.1, 0.15) is 36.6 Å². The smallest absolute Gasteiger partial charge is 0.208 e. The molecular formula is C25H34Cl2N4O3S. The van der Waals surface area contributed by atoms with Crippen LogP contribution in [-0.2, 0) is 10.0 Å². The average molecular weight is 542 g/mol. The molecule has 0 bridgehead atoms. The Morgan fingerprint density at radius 3 is 2.57 bits per heavy atom. The first-order chi connectivity index (χ1) is 15.9. The fraction of sp³-hybridized carbons (Fsp3) is 0.400. The lowest BCUT2D eigenvalue weighted by atomic mass is 9.92. The summed E-state index contributed by atoms with van der Waals surface area (Å²) in [5, 5.41) is 8.49. The number of aryl methyl sites for hydroxylation is 1. The lowest BCUT2D eigenvalue weighted by molar-refractivity contribution is 0.326. The molecule has 0 spiro atoms. The first-order valence-electron chi connectivity index (χ1n) is 11.4. The van der Waals surface area contributed by atoms with Crippen LogP contribution in [0.5, 0.6) is 5.75 Å². The number of hydrogen-bond acceptors (Lipinski definition) is 6. The number of halogens is 2. The Labute approximate surface area is 220 Å². The molecule has 4 rings (SSSR count). The summed E-state index contributed by atoms with van der Waals surface area (Å²) in [5.74, 6) is 0.640. The second kappa shape index (κ2) is 13.3. The Hall–Kier alpha value is -2.10. The summed E-state index contributed by atoms with van der Waals surface area (Å²) in [6.07, 6.45) is 4.69. The number of benzene rings is 2. The maximum absolute atomic E-state index is 11.3. The minimum absolute atomic E-state index is 0. The van der Waals surface area contributed by atoms with Gasteiger partial charge in [-0.25, -0.2) is 18.1 Å². The second-order valence-electron chi connectivity index (χ2n) is 8.57. The molecule has 2 aromatic carbocycles. The second-order valence-corrected chi connectivity index (χ2v) is 10.4. The van der Waals surface area contributed by atoms with Crippen LogP contribution in [0.4, 0.5) is 5.69 Å². The zero-order chi connectivity index (χ0) is 23.3. The summed E-state index contributed by atoms with van der Waals surface area (Å²) in [5.41, 5.74) is 3.92. The standard InChI is InChI=1S/C25H32N4O3S.2ClH/c1-18-17-22(29-24(19-9-4-3-5-10-19)21-12-6-7-14-26-21)20-11-8-13-23(25(20)28-18)32-16-15-27-33(2,30)31;;/h3-5,8-11,13,17,21,24,26-27H,6-7,12,14-16H2,1-2H3,(H,28,29);2*1H/t21?,24-;;/m0../s1. The van der Waals surface area contributed by atoms with Crippen LogP contribution in [-0.4, -0.2) is 45.4 Å². The Morgan fingerprint density at radius 1 is 1.11 bits per heavy atom. The molecule has 1 aromatic heterocycles. The molecular weight excluding hydrogens is 507 g/mol. The van der Waals surface area contributed by atoms with Gasteiger partial charge in [0.15, 0.2) is 0 Å². The molecule has 0 saturated carbocycles. The molecule has 0 aliphatic carbocycles. The van der Waals surface area contributed by atoms with Crippen molar-refractivity contribution in [2.75, 3.05) is 31.3 Å². The van der Waals surface area contributed by atoms with Crippen LogP contribution in [0.2, 0.25) is 0 Å². The van der Waals surface area contributed by atoms with E-state index in [0.717, 1.165) is 41.5 Å². The molecule has 1 aliphatic heterocycles. The lowest BCUT2D eigenvalue weighted by Gasteiger charge is -2.33. The zero-order valence-electron chi connectivity index (χ0n) is 20.0. The van der Waals surface area contributed by atoms with Gasteiger partial charge in [0.05, 0.1) is 12.3 Å². The molecule has 7 nitrogen and oxygen atoms in total. The SMILES string of the molecule is Cc1cc(N[C@@H](c2ccccc2)C2CCCCN2)c2cccc(OCCNS(C)(=O)=O)c2n1.Cl.Cl. The van der Waals surface area contributed by atoms with E-state index < -0.39 is 10.0 Å². The highest BCUT2D eigenvalue weighted by atomic mass is 35.5. The number of hydrogen-bond donors (Lipinski definition) is 3. The zero-order valence-corrected chi connectivity index (χ0v) is 22.4. The molecule has 1 unspecified atom stereocenters. The third-order valence-electron chi connectivity index (χ3n) is 5.87. The number of pyridine rings is 1. The number of aromatic nitrogens is 1. The molecule has 0 amide bonds. The van der Waals surface area contributed by atoms with Crippen LogP contribution >= 0.6 is 24.8 Å². The number of nitrogens with one attached hydrogen (secondary N) is 3. The highest BCUT2D eigenvalue weighted by Crippen LogP contribution is 2.34. The summed E-state index contributed by atoms with van der Waals surface area (Å²) in [6.45, 7) is 3.44. The van der Waals surface area contributed by atoms with Crippen LogP contribution in [0, 0.1) is 6.92 Å². The number of rotatable bonds is 9. The van der Waals surface area contributed by atoms with E-state index >= 15 is 0 Å². The minimum atomic E-state index is -3.25. The van der Waals surface area contributed by atoms with Crippen LogP contribution in [0.25, 0.3) is 10.9 Å². The van der Waals surface area contributed by atoms with Crippen molar-refractivity contribution in [3.8, 4) is 5.75 Å². The van der Waals surface area contributed by atoms with Crippen molar-refractivity contribution < 1.29 is 13.2 Å². The van der Waals surface area contributed by atoms with E-state index in [0.29, 0.717) is 11.8 Å². The normalized spacial score (nSPS) is 16.6. The Balaban J connectivity index is 0.00000216. The molecule has 192 valence electrons. The van der Waals surface area contributed by atoms with Crippen molar-refractivity contribution in [1.82, 2.24) is 15.0 Å². The van der Waals surface area contributed by atoms with Crippen molar-refractivity contribution in [2.24, 2.45) is 0 Å². The van der Waals surface area contributed by atoms with E-state index in [1.54, 1.807) is 0 Å². The highest BCUT2D eigenvalue weighted by molar-refractivity contribution is 7.88. The van der Waals surface area contributed by atoms with Crippen molar-refractivity contribution in [1.29, 1.82) is 0 Å². The van der Waals surface area contributed by atoms with Crippen molar-refractivity contribution in [3.05, 3.63) is 65.9 Å². The number of nitrogens with zero attached hydrogens (tertiary/aromatic N) is 1. The number of piperidine rings is 1. The molecule has 3 N–H and O–H groups in total. The monoisotopic (exact) mass is 540 g/mol. The molecule has 1 fully saturated rings. The average Bonchev–Trinajstić information content (AvgIpc) is 2.81. The van der Waals surface area contributed by atoms with Crippen molar-refractivity contribution in [2.45, 2.75) is 38.3 Å². The number of sulfonamides is 1. The van der Waals surface area contributed by atoms with E-state index in [1.807, 2.05) is 31.2 Å². The number of fused-ring (bicyclic) bond motifs is 1. The van der Waals surface area contributed by atoms with Crippen molar-refractivity contribution in [3.63, 3.8) is 0 Å². The fourth-order valence-electron chi connectivity index (χ4n) is 4.38.